The lowest BCUT2D eigenvalue weighted by Gasteiger charge is -2.31. The molecule has 6 heteroatoms. The van der Waals surface area contributed by atoms with Crippen LogP contribution in [0.1, 0.15) is 51.9 Å². The maximum absolute atomic E-state index is 12.7. The molecule has 2 aliphatic rings. The summed E-state index contributed by atoms with van der Waals surface area (Å²) in [5.74, 6) is 0.447. The van der Waals surface area contributed by atoms with Gasteiger partial charge in [0.2, 0.25) is 5.91 Å². The number of carbonyl (C=O) groups excluding carboxylic acids is 2. The van der Waals surface area contributed by atoms with Crippen LogP contribution in [-0.4, -0.2) is 29.8 Å². The van der Waals surface area contributed by atoms with Crippen molar-refractivity contribution in [1.82, 2.24) is 4.90 Å². The predicted octanol–water partition coefficient (Wildman–Crippen LogP) is 3.82. The van der Waals surface area contributed by atoms with Crippen LogP contribution < -0.4 is 11.1 Å². The molecule has 1 aliphatic heterocycles. The number of thiophene rings is 1. The number of anilines is 1. The largest absolute Gasteiger partial charge is 0.369 e. The number of rotatable bonds is 5. The summed E-state index contributed by atoms with van der Waals surface area (Å²) in [6.45, 7) is 4.80. The van der Waals surface area contributed by atoms with E-state index in [4.69, 9.17) is 5.73 Å². The predicted molar refractivity (Wildman–Crippen MR) is 117 cm³/mol. The van der Waals surface area contributed by atoms with E-state index in [1.807, 2.05) is 24.3 Å². The third kappa shape index (κ3) is 4.87. The van der Waals surface area contributed by atoms with Gasteiger partial charge in [-0.3, -0.25) is 14.5 Å². The number of aryl methyl sites for hydroxylation is 1. The third-order valence-corrected chi connectivity index (χ3v) is 7.31. The molecule has 2 amide bonds. The maximum Gasteiger partial charge on any atom is 0.265 e. The molecule has 1 fully saturated rings. The van der Waals surface area contributed by atoms with Gasteiger partial charge in [-0.15, -0.1) is 11.3 Å². The molecule has 1 saturated heterocycles. The zero-order valence-electron chi connectivity index (χ0n) is 16.9. The van der Waals surface area contributed by atoms with E-state index in [2.05, 4.69) is 23.2 Å². The van der Waals surface area contributed by atoms with Gasteiger partial charge in [0.05, 0.1) is 10.8 Å². The molecule has 0 bridgehead atoms. The van der Waals surface area contributed by atoms with Gasteiger partial charge in [0.25, 0.3) is 5.91 Å². The molecule has 2 atom stereocenters. The number of nitrogens with one attached hydrogen (secondary N) is 1. The molecule has 29 heavy (non-hydrogen) atoms. The molecule has 0 saturated carbocycles. The Morgan fingerprint density at radius 2 is 2.03 bits per heavy atom. The fraction of sp³-hybridized carbons (Fsp3) is 0.478. The second-order valence-electron chi connectivity index (χ2n) is 8.53. The minimum Gasteiger partial charge on any atom is -0.369 e. The van der Waals surface area contributed by atoms with Crippen molar-refractivity contribution < 1.29 is 9.59 Å². The monoisotopic (exact) mass is 411 g/mol. The number of fused-ring (bicyclic) bond motifs is 1. The number of likely N-dealkylation sites (tertiary alicyclic amines) is 1. The summed E-state index contributed by atoms with van der Waals surface area (Å²) in [6, 6.07) is 10.1. The van der Waals surface area contributed by atoms with Crippen molar-refractivity contribution in [2.24, 2.45) is 17.6 Å². The van der Waals surface area contributed by atoms with Crippen LogP contribution >= 0.6 is 11.3 Å². The highest BCUT2D eigenvalue weighted by atomic mass is 32.1. The molecule has 3 N–H and O–H groups in total. The van der Waals surface area contributed by atoms with Crippen molar-refractivity contribution in [3.05, 3.63) is 51.2 Å². The van der Waals surface area contributed by atoms with Crippen molar-refractivity contribution >= 4 is 28.8 Å². The first kappa shape index (κ1) is 20.1. The fourth-order valence-electron chi connectivity index (χ4n) is 4.39. The molecular formula is C23H29N3O2S. The molecule has 1 aromatic carbocycles. The number of hydrogen-bond donors (Lipinski definition) is 2. The molecule has 1 aliphatic carbocycles. The third-order valence-electron chi connectivity index (χ3n) is 6.08. The van der Waals surface area contributed by atoms with Crippen LogP contribution in [0.15, 0.2) is 30.3 Å². The summed E-state index contributed by atoms with van der Waals surface area (Å²) in [5, 5.41) is 3.03. The first-order chi connectivity index (χ1) is 14.0. The Kier molecular flexibility index (Phi) is 6.01. The van der Waals surface area contributed by atoms with Crippen molar-refractivity contribution in [3.63, 3.8) is 0 Å². The zero-order chi connectivity index (χ0) is 20.4. The first-order valence-corrected chi connectivity index (χ1v) is 11.3. The molecule has 2 unspecified atom stereocenters. The van der Waals surface area contributed by atoms with Gasteiger partial charge in [-0.25, -0.2) is 0 Å². The van der Waals surface area contributed by atoms with E-state index in [-0.39, 0.29) is 17.7 Å². The van der Waals surface area contributed by atoms with Gasteiger partial charge in [-0.05, 0) is 73.9 Å². The van der Waals surface area contributed by atoms with E-state index in [1.54, 1.807) is 11.3 Å². The van der Waals surface area contributed by atoms with Gasteiger partial charge >= 0.3 is 0 Å². The average molecular weight is 412 g/mol. The van der Waals surface area contributed by atoms with Crippen LogP contribution in [0, 0.1) is 11.8 Å². The highest BCUT2D eigenvalue weighted by Crippen LogP contribution is 2.32. The van der Waals surface area contributed by atoms with Gasteiger partial charge in [0, 0.05) is 23.7 Å². The van der Waals surface area contributed by atoms with Gasteiger partial charge in [-0.2, -0.15) is 0 Å². The molecule has 0 spiro atoms. The normalized spacial score (nSPS) is 22.1. The lowest BCUT2D eigenvalue weighted by molar-refractivity contribution is -0.123. The quantitative estimate of drug-likeness (QED) is 0.785. The molecule has 4 rings (SSSR count). The van der Waals surface area contributed by atoms with E-state index < -0.39 is 0 Å². The molecule has 2 aromatic rings. The Balaban J connectivity index is 1.35. The Morgan fingerprint density at radius 3 is 2.79 bits per heavy atom. The first-order valence-electron chi connectivity index (χ1n) is 10.5. The fourth-order valence-corrected chi connectivity index (χ4v) is 5.50. The second kappa shape index (κ2) is 8.67. The van der Waals surface area contributed by atoms with Gasteiger partial charge in [0.1, 0.15) is 0 Å². The van der Waals surface area contributed by atoms with Crippen molar-refractivity contribution in [2.45, 2.75) is 45.6 Å². The van der Waals surface area contributed by atoms with E-state index in [0.29, 0.717) is 5.92 Å². The molecule has 154 valence electrons. The number of primary amides is 1. The van der Waals surface area contributed by atoms with Crippen LogP contribution in [-0.2, 0) is 24.2 Å². The smallest absolute Gasteiger partial charge is 0.265 e. The maximum atomic E-state index is 12.7. The van der Waals surface area contributed by atoms with Crippen LogP contribution in [0.2, 0.25) is 0 Å². The zero-order valence-corrected chi connectivity index (χ0v) is 17.8. The lowest BCUT2D eigenvalue weighted by Crippen LogP contribution is -2.40. The number of amides is 2. The Hall–Kier alpha value is -2.18. The molecule has 0 radical (unpaired) electrons. The molecule has 5 nitrogen and oxygen atoms in total. The van der Waals surface area contributed by atoms with E-state index in [0.717, 1.165) is 55.9 Å². The average Bonchev–Trinajstić information content (AvgIpc) is 3.13. The van der Waals surface area contributed by atoms with Gasteiger partial charge in [0.15, 0.2) is 0 Å². The van der Waals surface area contributed by atoms with E-state index in [9.17, 15) is 9.59 Å². The van der Waals surface area contributed by atoms with Crippen LogP contribution in [0.25, 0.3) is 0 Å². The van der Waals surface area contributed by atoms with E-state index in [1.165, 1.54) is 22.4 Å². The SMILES string of the molecule is CC1CCc2sc(C(=O)Nc3ccc(CN4CCCC(C(N)=O)C4)cc3)cc2C1. The number of piperidine rings is 1. The molecular weight excluding hydrogens is 382 g/mol. The summed E-state index contributed by atoms with van der Waals surface area (Å²) in [7, 11) is 0. The summed E-state index contributed by atoms with van der Waals surface area (Å²) >= 11 is 1.64. The standard InChI is InChI=1S/C23H29N3O2S/c1-15-4-9-20-18(11-15)12-21(29-20)23(28)25-19-7-5-16(6-8-19)13-26-10-2-3-17(14-26)22(24)27/h5-8,12,15,17H,2-4,9-11,13-14H2,1H3,(H2,24,27)(H,25,28). The minimum atomic E-state index is -0.197. The van der Waals surface area contributed by atoms with Gasteiger partial charge in [-0.1, -0.05) is 19.1 Å². The molecule has 1 aromatic heterocycles. The van der Waals surface area contributed by atoms with E-state index >= 15 is 0 Å². The number of hydrogen-bond acceptors (Lipinski definition) is 4. The van der Waals surface area contributed by atoms with Crippen molar-refractivity contribution in [1.29, 1.82) is 0 Å². The minimum absolute atomic E-state index is 0.0230. The summed E-state index contributed by atoms with van der Waals surface area (Å²) in [6.07, 6.45) is 5.29. The van der Waals surface area contributed by atoms with Crippen LogP contribution in [0.5, 0.6) is 0 Å². The summed E-state index contributed by atoms with van der Waals surface area (Å²) < 4.78 is 0. The molecule has 2 heterocycles. The number of nitrogens with zero attached hydrogens (tertiary/aromatic N) is 1. The van der Waals surface area contributed by atoms with Crippen molar-refractivity contribution in [2.75, 3.05) is 18.4 Å². The Morgan fingerprint density at radius 1 is 1.24 bits per heavy atom. The Bertz CT molecular complexity index is 890. The highest BCUT2D eigenvalue weighted by Gasteiger charge is 2.24. The topological polar surface area (TPSA) is 75.4 Å². The Labute approximate surface area is 176 Å². The summed E-state index contributed by atoms with van der Waals surface area (Å²) in [5.41, 5.74) is 8.81. The number of carbonyl (C=O) groups is 2. The summed E-state index contributed by atoms with van der Waals surface area (Å²) in [4.78, 5) is 28.6. The van der Waals surface area contributed by atoms with Gasteiger partial charge < -0.3 is 11.1 Å². The number of benzene rings is 1. The van der Waals surface area contributed by atoms with Crippen LogP contribution in [0.4, 0.5) is 5.69 Å². The highest BCUT2D eigenvalue weighted by molar-refractivity contribution is 7.14. The lowest BCUT2D eigenvalue weighted by atomic mass is 9.90. The van der Waals surface area contributed by atoms with Crippen LogP contribution in [0.3, 0.4) is 0 Å². The van der Waals surface area contributed by atoms with Crippen molar-refractivity contribution in [3.8, 4) is 0 Å². The number of nitrogens with two attached hydrogens (primary N) is 1. The second-order valence-corrected chi connectivity index (χ2v) is 9.67.